The summed E-state index contributed by atoms with van der Waals surface area (Å²) in [4.78, 5) is 19.4. The maximum absolute atomic E-state index is 12.9. The molecule has 1 aliphatic rings. The second-order valence-corrected chi connectivity index (χ2v) is 8.20. The zero-order valence-corrected chi connectivity index (χ0v) is 18.6. The average Bonchev–Trinajstić information content (AvgIpc) is 3.57. The molecule has 33 heavy (non-hydrogen) atoms. The highest BCUT2D eigenvalue weighted by molar-refractivity contribution is 7.80. The summed E-state index contributed by atoms with van der Waals surface area (Å²) in [6.45, 7) is 0.693. The van der Waals surface area contributed by atoms with E-state index < -0.39 is 0 Å². The van der Waals surface area contributed by atoms with Gasteiger partial charge in [-0.3, -0.25) is 9.78 Å². The Morgan fingerprint density at radius 1 is 1.06 bits per heavy atom. The zero-order valence-electron chi connectivity index (χ0n) is 17.8. The first-order chi connectivity index (χ1) is 16.2. The first-order valence-corrected chi connectivity index (χ1v) is 11.1. The lowest BCUT2D eigenvalue weighted by Crippen LogP contribution is -2.37. The summed E-state index contributed by atoms with van der Waals surface area (Å²) in [5, 5.41) is 6.87. The van der Waals surface area contributed by atoms with Crippen molar-refractivity contribution in [1.82, 2.24) is 19.8 Å². The summed E-state index contributed by atoms with van der Waals surface area (Å²) >= 11 is 5.69. The smallest absolute Gasteiger partial charge is 0.244 e. The number of benzene rings is 1. The summed E-state index contributed by atoms with van der Waals surface area (Å²) in [5.74, 6) is 0.713. The van der Waals surface area contributed by atoms with Gasteiger partial charge in [0.05, 0.1) is 30.6 Å². The van der Waals surface area contributed by atoms with Crippen LogP contribution >= 0.6 is 12.2 Å². The van der Waals surface area contributed by atoms with Gasteiger partial charge in [-0.25, -0.2) is 0 Å². The summed E-state index contributed by atoms with van der Waals surface area (Å²) in [7, 11) is 0. The molecule has 4 aromatic rings. The van der Waals surface area contributed by atoms with Crippen molar-refractivity contribution in [2.24, 2.45) is 0 Å². The molecule has 2 N–H and O–H groups in total. The van der Waals surface area contributed by atoms with Crippen LogP contribution in [-0.2, 0) is 11.3 Å². The Bertz CT molecular complexity index is 1220. The predicted octanol–water partition coefficient (Wildman–Crippen LogP) is 4.14. The topological polar surface area (TPSA) is 75.3 Å². The van der Waals surface area contributed by atoms with Gasteiger partial charge < -0.3 is 24.5 Å². The van der Waals surface area contributed by atoms with E-state index >= 15 is 0 Å². The molecule has 1 amide bonds. The van der Waals surface area contributed by atoms with Crippen molar-refractivity contribution >= 4 is 28.9 Å². The Morgan fingerprint density at radius 2 is 1.91 bits per heavy atom. The molecule has 0 bridgehead atoms. The number of nitrogens with zero attached hydrogens (tertiary/aromatic N) is 3. The van der Waals surface area contributed by atoms with Crippen molar-refractivity contribution in [2.75, 3.05) is 11.9 Å². The zero-order chi connectivity index (χ0) is 22.6. The Hall–Kier alpha value is -3.91. The van der Waals surface area contributed by atoms with Crippen molar-refractivity contribution in [1.29, 1.82) is 0 Å². The lowest BCUT2D eigenvalue weighted by molar-refractivity contribution is -0.116. The number of amides is 1. The Morgan fingerprint density at radius 3 is 2.67 bits per heavy atom. The number of furan rings is 1. The molecule has 8 heteroatoms. The predicted molar refractivity (Wildman–Crippen MR) is 129 cm³/mol. The van der Waals surface area contributed by atoms with Gasteiger partial charge in [0.25, 0.3) is 0 Å². The monoisotopic (exact) mass is 457 g/mol. The molecule has 3 aromatic heterocycles. The Labute approximate surface area is 197 Å². The van der Waals surface area contributed by atoms with Crippen LogP contribution in [0.4, 0.5) is 5.69 Å². The molecule has 0 aliphatic carbocycles. The van der Waals surface area contributed by atoms with Gasteiger partial charge in [0.2, 0.25) is 5.91 Å². The molecular formula is C25H23N5O2S. The highest BCUT2D eigenvalue weighted by Crippen LogP contribution is 2.38. The minimum atomic E-state index is -0.223. The van der Waals surface area contributed by atoms with Gasteiger partial charge in [0, 0.05) is 23.8 Å². The molecule has 0 unspecified atom stereocenters. The molecule has 0 radical (unpaired) electrons. The van der Waals surface area contributed by atoms with Gasteiger partial charge >= 0.3 is 0 Å². The highest BCUT2D eigenvalue weighted by Gasteiger charge is 2.41. The summed E-state index contributed by atoms with van der Waals surface area (Å²) < 4.78 is 7.68. The number of carbonyl (C=O) groups is 1. The molecule has 1 fully saturated rings. The minimum absolute atomic E-state index is 0.112. The number of carbonyl (C=O) groups excluding carboxylic acids is 1. The van der Waals surface area contributed by atoms with Gasteiger partial charge in [0.15, 0.2) is 5.11 Å². The van der Waals surface area contributed by atoms with Crippen LogP contribution in [0.5, 0.6) is 0 Å². The van der Waals surface area contributed by atoms with Gasteiger partial charge in [-0.05, 0) is 60.7 Å². The second-order valence-electron chi connectivity index (χ2n) is 7.81. The van der Waals surface area contributed by atoms with Gasteiger partial charge in [-0.15, -0.1) is 0 Å². The number of hydrogen-bond donors (Lipinski definition) is 2. The highest BCUT2D eigenvalue weighted by atomic mass is 32.1. The maximum atomic E-state index is 12.9. The van der Waals surface area contributed by atoms with Crippen LogP contribution in [0, 0.1) is 0 Å². The van der Waals surface area contributed by atoms with E-state index in [1.807, 2.05) is 77.8 Å². The van der Waals surface area contributed by atoms with Crippen LogP contribution in [0.15, 0.2) is 95.9 Å². The SMILES string of the molecule is O=C(CN1C(=S)N[C@@H](c2ccccn2)[C@H]1c1cccn1Cc1ccco1)Nc1ccccc1. The fraction of sp³-hybridized carbons (Fsp3) is 0.160. The first kappa shape index (κ1) is 21.0. The standard InChI is InChI=1S/C25H23N5O2S/c31-22(27-18-8-2-1-3-9-18)17-30-24(23(28-25(30)33)20-11-4-5-13-26-20)21-12-6-14-29(21)16-19-10-7-15-32-19/h1-15,23-24H,16-17H2,(H,27,31)(H,28,33)/t23-,24+/m0/s1. The molecule has 5 rings (SSSR count). The lowest BCUT2D eigenvalue weighted by Gasteiger charge is -2.28. The number of rotatable bonds is 7. The third kappa shape index (κ3) is 4.51. The molecule has 1 saturated heterocycles. The summed E-state index contributed by atoms with van der Waals surface area (Å²) in [5.41, 5.74) is 2.63. The molecular weight excluding hydrogens is 434 g/mol. The number of thiocarbonyl (C=S) groups is 1. The van der Waals surface area contributed by atoms with E-state index in [1.165, 1.54) is 0 Å². The van der Waals surface area contributed by atoms with E-state index in [0.29, 0.717) is 11.7 Å². The van der Waals surface area contributed by atoms with Crippen LogP contribution in [0.2, 0.25) is 0 Å². The fourth-order valence-corrected chi connectivity index (χ4v) is 4.49. The third-order valence-corrected chi connectivity index (χ3v) is 6.00. The summed E-state index contributed by atoms with van der Waals surface area (Å²) in [6, 6.07) is 22.7. The van der Waals surface area contributed by atoms with Gasteiger partial charge in [-0.2, -0.15) is 0 Å². The Balaban J connectivity index is 1.46. The average molecular weight is 458 g/mol. The molecule has 7 nitrogen and oxygen atoms in total. The first-order valence-electron chi connectivity index (χ1n) is 10.7. The van der Waals surface area contributed by atoms with Crippen LogP contribution < -0.4 is 10.6 Å². The van der Waals surface area contributed by atoms with Crippen molar-refractivity contribution in [2.45, 2.75) is 18.6 Å². The number of nitrogens with one attached hydrogen (secondary N) is 2. The van der Waals surface area contributed by atoms with E-state index in [4.69, 9.17) is 16.6 Å². The van der Waals surface area contributed by atoms with E-state index in [1.54, 1.807) is 12.5 Å². The molecule has 166 valence electrons. The Kier molecular flexibility index (Phi) is 5.91. The van der Waals surface area contributed by atoms with Crippen molar-refractivity contribution in [3.05, 3.63) is 109 Å². The molecule has 4 heterocycles. The number of pyridine rings is 1. The number of aromatic nitrogens is 2. The van der Waals surface area contributed by atoms with Gasteiger partial charge in [0.1, 0.15) is 12.3 Å². The number of hydrogen-bond acceptors (Lipinski definition) is 4. The van der Waals surface area contributed by atoms with Crippen molar-refractivity contribution < 1.29 is 9.21 Å². The maximum Gasteiger partial charge on any atom is 0.244 e. The van der Waals surface area contributed by atoms with Crippen molar-refractivity contribution in [3.63, 3.8) is 0 Å². The molecule has 1 aliphatic heterocycles. The molecule has 1 aromatic carbocycles. The largest absolute Gasteiger partial charge is 0.467 e. The number of para-hydroxylation sites is 1. The van der Waals surface area contributed by atoms with E-state index in [9.17, 15) is 4.79 Å². The number of anilines is 1. The van der Waals surface area contributed by atoms with Crippen molar-refractivity contribution in [3.8, 4) is 0 Å². The van der Waals surface area contributed by atoms with Crippen LogP contribution in [0.25, 0.3) is 0 Å². The third-order valence-electron chi connectivity index (χ3n) is 5.64. The van der Waals surface area contributed by atoms with Gasteiger partial charge in [-0.1, -0.05) is 24.3 Å². The lowest BCUT2D eigenvalue weighted by atomic mass is 10.0. The molecule has 2 atom stereocenters. The van der Waals surface area contributed by atoms with Crippen LogP contribution in [0.3, 0.4) is 0 Å². The van der Waals surface area contributed by atoms with Crippen LogP contribution in [-0.4, -0.2) is 32.0 Å². The fourth-order valence-electron chi connectivity index (χ4n) is 4.18. The normalized spacial score (nSPS) is 17.7. The van der Waals surface area contributed by atoms with E-state index in [-0.39, 0.29) is 24.5 Å². The second kappa shape index (κ2) is 9.30. The minimum Gasteiger partial charge on any atom is -0.467 e. The van der Waals surface area contributed by atoms with Crippen LogP contribution in [0.1, 0.15) is 29.2 Å². The molecule has 0 spiro atoms. The summed E-state index contributed by atoms with van der Waals surface area (Å²) in [6.07, 6.45) is 5.45. The quantitative estimate of drug-likeness (QED) is 0.407. The van der Waals surface area contributed by atoms with E-state index in [0.717, 1.165) is 22.8 Å². The molecule has 0 saturated carbocycles. The van der Waals surface area contributed by atoms with E-state index in [2.05, 4.69) is 26.3 Å².